The molecule has 0 saturated carbocycles. The number of hydrogen-bond acceptors (Lipinski definition) is 6. The topological polar surface area (TPSA) is 107 Å². The Labute approximate surface area is 163 Å². The Hall–Kier alpha value is -3.29. The smallest absolute Gasteiger partial charge is 0.340 e. The van der Waals surface area contributed by atoms with Crippen LogP contribution in [0.4, 0.5) is 0 Å². The molecule has 150 valence electrons. The Morgan fingerprint density at radius 2 is 1.75 bits per heavy atom. The molecule has 2 N–H and O–H groups in total. The number of hydrogen-bond donors (Lipinski definition) is 2. The van der Waals surface area contributed by atoms with Crippen molar-refractivity contribution in [3.63, 3.8) is 0 Å². The van der Waals surface area contributed by atoms with Crippen LogP contribution in [-0.4, -0.2) is 50.0 Å². The summed E-state index contributed by atoms with van der Waals surface area (Å²) in [6.45, 7) is 5.53. The van der Waals surface area contributed by atoms with Gasteiger partial charge >= 0.3 is 5.97 Å². The average Bonchev–Trinajstić information content (AvgIpc) is 3.04. The largest absolute Gasteiger partial charge is 0.493 e. The maximum Gasteiger partial charge on any atom is 0.340 e. The van der Waals surface area contributed by atoms with Crippen molar-refractivity contribution in [3.05, 3.63) is 35.2 Å². The predicted molar refractivity (Wildman–Crippen MR) is 103 cm³/mol. The third kappa shape index (κ3) is 4.00. The van der Waals surface area contributed by atoms with Gasteiger partial charge in [-0.3, -0.25) is 9.59 Å². The first-order chi connectivity index (χ1) is 13.4. The molecule has 1 amide bonds. The van der Waals surface area contributed by atoms with Crippen molar-refractivity contribution in [2.45, 2.75) is 20.8 Å². The molecule has 1 aromatic heterocycles. The number of H-pyrrole nitrogens is 1. The lowest BCUT2D eigenvalue weighted by Gasteiger charge is -2.12. The Morgan fingerprint density at radius 3 is 2.32 bits per heavy atom. The third-order valence-corrected chi connectivity index (χ3v) is 4.11. The van der Waals surface area contributed by atoms with Crippen molar-refractivity contribution in [2.75, 3.05) is 27.4 Å². The Morgan fingerprint density at radius 1 is 1.07 bits per heavy atom. The normalized spacial score (nSPS) is 10.3. The molecule has 0 aliphatic heterocycles. The average molecular weight is 388 g/mol. The summed E-state index contributed by atoms with van der Waals surface area (Å²) in [5.41, 5.74) is 1.43. The highest BCUT2D eigenvalue weighted by atomic mass is 16.5. The minimum Gasteiger partial charge on any atom is -0.493 e. The van der Waals surface area contributed by atoms with Gasteiger partial charge in [0.25, 0.3) is 11.7 Å². The van der Waals surface area contributed by atoms with Crippen LogP contribution in [-0.2, 0) is 9.53 Å². The van der Waals surface area contributed by atoms with E-state index in [1.807, 2.05) is 0 Å². The van der Waals surface area contributed by atoms with Crippen molar-refractivity contribution in [1.29, 1.82) is 0 Å². The van der Waals surface area contributed by atoms with Gasteiger partial charge in [0.15, 0.2) is 11.5 Å². The van der Waals surface area contributed by atoms with Crippen LogP contribution in [0.2, 0.25) is 0 Å². The zero-order valence-corrected chi connectivity index (χ0v) is 16.6. The zero-order chi connectivity index (χ0) is 20.8. The summed E-state index contributed by atoms with van der Waals surface area (Å²) < 4.78 is 15.7. The number of amides is 1. The lowest BCUT2D eigenvalue weighted by Crippen LogP contribution is -2.31. The fourth-order valence-corrected chi connectivity index (χ4v) is 2.89. The summed E-state index contributed by atoms with van der Waals surface area (Å²) in [4.78, 5) is 40.3. The Bertz CT molecular complexity index is 900. The summed E-state index contributed by atoms with van der Waals surface area (Å²) in [7, 11) is 2.99. The number of ketones is 1. The van der Waals surface area contributed by atoms with Crippen LogP contribution in [0.5, 0.6) is 11.5 Å². The first-order valence-electron chi connectivity index (χ1n) is 8.84. The second-order valence-corrected chi connectivity index (χ2v) is 5.85. The van der Waals surface area contributed by atoms with Crippen LogP contribution in [0.1, 0.15) is 40.4 Å². The quantitative estimate of drug-likeness (QED) is 0.409. The lowest BCUT2D eigenvalue weighted by molar-refractivity contribution is -0.116. The summed E-state index contributed by atoms with van der Waals surface area (Å²) in [6, 6.07) is 4.98. The van der Waals surface area contributed by atoms with Gasteiger partial charge < -0.3 is 24.5 Å². The number of aromatic amines is 1. The predicted octanol–water partition coefficient (Wildman–Crippen LogP) is 2.50. The highest BCUT2D eigenvalue weighted by Gasteiger charge is 2.30. The first-order valence-corrected chi connectivity index (χ1v) is 8.84. The van der Waals surface area contributed by atoms with Gasteiger partial charge in [-0.15, -0.1) is 0 Å². The molecule has 0 saturated heterocycles. The number of nitrogens with one attached hydrogen (secondary N) is 2. The minimum atomic E-state index is -0.773. The number of esters is 1. The van der Waals surface area contributed by atoms with E-state index in [9.17, 15) is 14.4 Å². The number of rotatable bonds is 8. The van der Waals surface area contributed by atoms with E-state index in [4.69, 9.17) is 14.2 Å². The molecule has 1 aromatic carbocycles. The molecule has 0 fully saturated rings. The number of methoxy groups -OCH3 is 2. The molecule has 0 radical (unpaired) electrons. The number of aromatic nitrogens is 1. The molecule has 0 atom stereocenters. The van der Waals surface area contributed by atoms with E-state index in [2.05, 4.69) is 10.3 Å². The van der Waals surface area contributed by atoms with Crippen molar-refractivity contribution < 1.29 is 28.6 Å². The number of ether oxygens (including phenoxy) is 3. The highest BCUT2D eigenvalue weighted by Crippen LogP contribution is 2.37. The monoisotopic (exact) mass is 388 g/mol. The minimum absolute atomic E-state index is 0.0127. The summed E-state index contributed by atoms with van der Waals surface area (Å²) in [5.74, 6) is -1.21. The molecule has 8 heteroatoms. The fraction of sp³-hybridized carbons (Fsp3) is 0.350. The molecule has 0 aliphatic rings. The van der Waals surface area contributed by atoms with Gasteiger partial charge in [0, 0.05) is 17.8 Å². The number of carbonyl (C=O) groups is 3. The van der Waals surface area contributed by atoms with Crippen molar-refractivity contribution >= 4 is 17.7 Å². The maximum absolute atomic E-state index is 12.7. The number of likely N-dealkylation sites (N-methyl/N-ethyl adjacent to an activating group) is 1. The number of benzene rings is 1. The van der Waals surface area contributed by atoms with Gasteiger partial charge in [0.1, 0.15) is 5.69 Å². The van der Waals surface area contributed by atoms with Gasteiger partial charge in [-0.25, -0.2) is 4.79 Å². The van der Waals surface area contributed by atoms with Gasteiger partial charge in [-0.2, -0.15) is 0 Å². The van der Waals surface area contributed by atoms with Crippen LogP contribution < -0.4 is 14.8 Å². The molecule has 2 rings (SSSR count). The van der Waals surface area contributed by atoms with Crippen molar-refractivity contribution in [2.24, 2.45) is 0 Å². The van der Waals surface area contributed by atoms with Crippen LogP contribution in [0.25, 0.3) is 11.1 Å². The highest BCUT2D eigenvalue weighted by molar-refractivity contribution is 6.43. The summed E-state index contributed by atoms with van der Waals surface area (Å²) in [6.07, 6.45) is 0. The summed E-state index contributed by atoms with van der Waals surface area (Å²) in [5, 5.41) is 2.48. The van der Waals surface area contributed by atoms with Crippen molar-refractivity contribution in [1.82, 2.24) is 10.3 Å². The molecule has 0 bridgehead atoms. The first kappa shape index (κ1) is 21.0. The second kappa shape index (κ2) is 9.07. The van der Waals surface area contributed by atoms with E-state index in [-0.39, 0.29) is 23.4 Å². The molecule has 1 heterocycles. The number of carbonyl (C=O) groups excluding carboxylic acids is 3. The maximum atomic E-state index is 12.7. The van der Waals surface area contributed by atoms with E-state index >= 15 is 0 Å². The van der Waals surface area contributed by atoms with E-state index in [0.717, 1.165) is 0 Å². The Kier molecular flexibility index (Phi) is 6.81. The molecule has 28 heavy (non-hydrogen) atoms. The molecule has 0 aliphatic carbocycles. The van der Waals surface area contributed by atoms with Gasteiger partial charge in [-0.1, -0.05) is 6.07 Å². The van der Waals surface area contributed by atoms with E-state index < -0.39 is 17.7 Å². The fourth-order valence-electron chi connectivity index (χ4n) is 2.89. The molecular weight excluding hydrogens is 364 g/mol. The molecular formula is C20H24N2O6. The molecule has 2 aromatic rings. The van der Waals surface area contributed by atoms with Crippen molar-refractivity contribution in [3.8, 4) is 22.6 Å². The van der Waals surface area contributed by atoms with Crippen LogP contribution in [0.3, 0.4) is 0 Å². The molecule has 0 unspecified atom stereocenters. The second-order valence-electron chi connectivity index (χ2n) is 5.85. The van der Waals surface area contributed by atoms with Crippen LogP contribution >= 0.6 is 0 Å². The van der Waals surface area contributed by atoms with Gasteiger partial charge in [-0.05, 0) is 38.5 Å². The van der Waals surface area contributed by atoms with E-state index in [0.29, 0.717) is 29.3 Å². The number of Topliss-reactive ketones (excluding diaryl/α,β-unsaturated/α-hetero) is 1. The van der Waals surface area contributed by atoms with E-state index in [1.54, 1.807) is 39.0 Å². The van der Waals surface area contributed by atoms with E-state index in [1.165, 1.54) is 14.2 Å². The van der Waals surface area contributed by atoms with Gasteiger partial charge in [0.2, 0.25) is 0 Å². The van der Waals surface area contributed by atoms with Crippen LogP contribution in [0, 0.1) is 6.92 Å². The molecule has 8 nitrogen and oxygen atoms in total. The zero-order valence-electron chi connectivity index (χ0n) is 16.6. The van der Waals surface area contributed by atoms with Crippen LogP contribution in [0.15, 0.2) is 18.2 Å². The third-order valence-electron chi connectivity index (χ3n) is 4.11. The van der Waals surface area contributed by atoms with Gasteiger partial charge in [0.05, 0.1) is 26.4 Å². The standard InChI is InChI=1S/C20H24N2O6/c1-6-21-19(24)18(23)17-16(15(11(3)22-17)20(25)28-7-2)12-8-9-13(26-4)14(10-12)27-5/h8-10,22H,6-7H2,1-5H3,(H,21,24). The number of aryl methyl sites for hydroxylation is 1. The Balaban J connectivity index is 2.73. The lowest BCUT2D eigenvalue weighted by atomic mass is 9.97. The SMILES string of the molecule is CCNC(=O)C(=O)c1[nH]c(C)c(C(=O)OCC)c1-c1ccc(OC)c(OC)c1. The molecule has 0 spiro atoms. The summed E-state index contributed by atoms with van der Waals surface area (Å²) >= 11 is 0.